The highest BCUT2D eigenvalue weighted by molar-refractivity contribution is 9.10. The Morgan fingerprint density at radius 3 is 2.35 bits per heavy atom. The molecule has 0 saturated carbocycles. The molecule has 3 heterocycles. The van der Waals surface area contributed by atoms with Gasteiger partial charge in [-0.2, -0.15) is 0 Å². The average molecular weight is 413 g/mol. The smallest absolute Gasteiger partial charge is 0.258 e. The van der Waals surface area contributed by atoms with Crippen LogP contribution in [0.4, 0.5) is 0 Å². The fourth-order valence-corrected chi connectivity index (χ4v) is 3.72. The number of hydrogen-bond acceptors (Lipinski definition) is 4. The van der Waals surface area contributed by atoms with Gasteiger partial charge in [-0.05, 0) is 33.6 Å². The molecule has 1 saturated heterocycles. The van der Waals surface area contributed by atoms with Gasteiger partial charge in [0.15, 0.2) is 0 Å². The third-order valence-corrected chi connectivity index (χ3v) is 5.25. The molecule has 4 rings (SSSR count). The molecule has 3 aromatic rings. The fraction of sp³-hybridized carbons (Fsp3) is 0.300. The van der Waals surface area contributed by atoms with E-state index in [0.717, 1.165) is 49.4 Å². The number of piperazine rings is 1. The zero-order valence-electron chi connectivity index (χ0n) is 14.5. The van der Waals surface area contributed by atoms with Crippen LogP contribution in [0.5, 0.6) is 0 Å². The fourth-order valence-electron chi connectivity index (χ4n) is 3.38. The van der Waals surface area contributed by atoms with E-state index >= 15 is 0 Å². The molecule has 0 bridgehead atoms. The molecule has 26 heavy (non-hydrogen) atoms. The van der Waals surface area contributed by atoms with Crippen LogP contribution in [0.1, 0.15) is 11.3 Å². The molecule has 5 nitrogen and oxygen atoms in total. The summed E-state index contributed by atoms with van der Waals surface area (Å²) in [6.07, 6.45) is 1.76. The molecule has 0 aliphatic carbocycles. The van der Waals surface area contributed by atoms with Crippen molar-refractivity contribution in [3.05, 3.63) is 80.8 Å². The zero-order chi connectivity index (χ0) is 17.9. The minimum Gasteiger partial charge on any atom is -0.297 e. The maximum absolute atomic E-state index is 12.3. The zero-order valence-corrected chi connectivity index (χ0v) is 16.1. The van der Waals surface area contributed by atoms with Crippen molar-refractivity contribution in [1.82, 2.24) is 19.2 Å². The summed E-state index contributed by atoms with van der Waals surface area (Å²) in [6.45, 7) is 5.78. The van der Waals surface area contributed by atoms with E-state index in [-0.39, 0.29) is 5.56 Å². The summed E-state index contributed by atoms with van der Waals surface area (Å²) >= 11 is 3.39. The lowest BCUT2D eigenvalue weighted by Crippen LogP contribution is -2.45. The predicted molar refractivity (Wildman–Crippen MR) is 106 cm³/mol. The van der Waals surface area contributed by atoms with E-state index in [9.17, 15) is 4.79 Å². The highest BCUT2D eigenvalue weighted by atomic mass is 79.9. The van der Waals surface area contributed by atoms with Crippen molar-refractivity contribution in [3.63, 3.8) is 0 Å². The van der Waals surface area contributed by atoms with Gasteiger partial charge in [0, 0.05) is 56.0 Å². The van der Waals surface area contributed by atoms with E-state index in [1.165, 1.54) is 5.56 Å². The summed E-state index contributed by atoms with van der Waals surface area (Å²) in [7, 11) is 0. The molecule has 1 aliphatic heterocycles. The summed E-state index contributed by atoms with van der Waals surface area (Å²) in [5.41, 5.74) is 2.86. The molecule has 0 spiro atoms. The van der Waals surface area contributed by atoms with Crippen LogP contribution in [0.15, 0.2) is 64.0 Å². The number of nitrogens with zero attached hydrogens (tertiary/aromatic N) is 4. The molecule has 2 aromatic heterocycles. The lowest BCUT2D eigenvalue weighted by Gasteiger charge is -2.34. The van der Waals surface area contributed by atoms with E-state index in [2.05, 4.69) is 61.0 Å². The third kappa shape index (κ3) is 4.03. The number of fused-ring (bicyclic) bond motifs is 1. The minimum absolute atomic E-state index is 0.0333. The molecule has 1 aliphatic rings. The summed E-state index contributed by atoms with van der Waals surface area (Å²) < 4.78 is 2.45. The molecular weight excluding hydrogens is 392 g/mol. The van der Waals surface area contributed by atoms with Gasteiger partial charge in [-0.25, -0.2) is 4.98 Å². The van der Waals surface area contributed by atoms with Crippen LogP contribution in [-0.2, 0) is 13.1 Å². The van der Waals surface area contributed by atoms with Gasteiger partial charge in [-0.3, -0.25) is 19.0 Å². The second kappa shape index (κ2) is 7.70. The molecule has 0 radical (unpaired) electrons. The molecule has 0 atom stereocenters. The Labute approximate surface area is 161 Å². The molecule has 6 heteroatoms. The number of pyridine rings is 1. The average Bonchev–Trinajstić information content (AvgIpc) is 2.65. The van der Waals surface area contributed by atoms with E-state index in [1.54, 1.807) is 16.7 Å². The largest absolute Gasteiger partial charge is 0.297 e. The van der Waals surface area contributed by atoms with E-state index in [4.69, 9.17) is 0 Å². The van der Waals surface area contributed by atoms with Crippen LogP contribution >= 0.6 is 15.9 Å². The Morgan fingerprint density at radius 1 is 0.923 bits per heavy atom. The van der Waals surface area contributed by atoms with Crippen molar-refractivity contribution >= 4 is 21.6 Å². The number of hydrogen-bond donors (Lipinski definition) is 0. The van der Waals surface area contributed by atoms with E-state index < -0.39 is 0 Å². The van der Waals surface area contributed by atoms with Crippen molar-refractivity contribution in [2.45, 2.75) is 13.1 Å². The first-order valence-corrected chi connectivity index (χ1v) is 9.63. The Balaban J connectivity index is 1.39. The monoisotopic (exact) mass is 412 g/mol. The van der Waals surface area contributed by atoms with Crippen molar-refractivity contribution < 1.29 is 0 Å². The van der Waals surface area contributed by atoms with Crippen molar-refractivity contribution in [1.29, 1.82) is 0 Å². The SMILES string of the molecule is O=c1cc(CN2CCN(Cc3ccccc3)CC2)nc2ccc(Br)cn12. The van der Waals surface area contributed by atoms with Gasteiger partial charge in [0.25, 0.3) is 5.56 Å². The highest BCUT2D eigenvalue weighted by Gasteiger charge is 2.18. The topological polar surface area (TPSA) is 40.9 Å². The molecule has 1 aromatic carbocycles. The molecule has 0 N–H and O–H groups in total. The van der Waals surface area contributed by atoms with Gasteiger partial charge in [-0.1, -0.05) is 30.3 Å². The Hall–Kier alpha value is -2.02. The van der Waals surface area contributed by atoms with Gasteiger partial charge in [0.05, 0.1) is 5.69 Å². The first kappa shape index (κ1) is 17.4. The van der Waals surface area contributed by atoms with Crippen molar-refractivity contribution in [2.24, 2.45) is 0 Å². The van der Waals surface area contributed by atoms with Crippen LogP contribution in [-0.4, -0.2) is 45.4 Å². The summed E-state index contributed by atoms with van der Waals surface area (Å²) in [6, 6.07) is 16.0. The van der Waals surface area contributed by atoms with Gasteiger partial charge >= 0.3 is 0 Å². The second-order valence-electron chi connectivity index (χ2n) is 6.70. The Bertz CT molecular complexity index is 949. The summed E-state index contributed by atoms with van der Waals surface area (Å²) in [5.74, 6) is 0. The Morgan fingerprint density at radius 2 is 1.62 bits per heavy atom. The van der Waals surface area contributed by atoms with Crippen LogP contribution in [0.2, 0.25) is 0 Å². The van der Waals surface area contributed by atoms with Crippen molar-refractivity contribution in [2.75, 3.05) is 26.2 Å². The highest BCUT2D eigenvalue weighted by Crippen LogP contribution is 2.12. The maximum atomic E-state index is 12.3. The van der Waals surface area contributed by atoms with Gasteiger partial charge in [0.2, 0.25) is 0 Å². The second-order valence-corrected chi connectivity index (χ2v) is 7.61. The standard InChI is InChI=1S/C20H21BrN4O/c21-17-6-7-19-22-18(12-20(26)25(19)14-17)15-24-10-8-23(9-11-24)13-16-4-2-1-3-5-16/h1-7,12,14H,8-11,13,15H2. The van der Waals surface area contributed by atoms with Gasteiger partial charge in [0.1, 0.15) is 5.65 Å². The molecule has 0 unspecified atom stereocenters. The number of rotatable bonds is 4. The first-order chi connectivity index (χ1) is 12.7. The normalized spacial score (nSPS) is 16.2. The van der Waals surface area contributed by atoms with Crippen molar-refractivity contribution in [3.8, 4) is 0 Å². The van der Waals surface area contributed by atoms with Crippen LogP contribution < -0.4 is 5.56 Å². The summed E-state index contributed by atoms with van der Waals surface area (Å²) in [4.78, 5) is 21.8. The third-order valence-electron chi connectivity index (χ3n) is 4.78. The number of halogens is 1. The predicted octanol–water partition coefficient (Wildman–Crippen LogP) is 2.77. The lowest BCUT2D eigenvalue weighted by atomic mass is 10.2. The van der Waals surface area contributed by atoms with Crippen LogP contribution in [0.25, 0.3) is 5.65 Å². The van der Waals surface area contributed by atoms with E-state index in [1.807, 2.05) is 12.1 Å². The quantitative estimate of drug-likeness (QED) is 0.660. The Kier molecular flexibility index (Phi) is 5.15. The summed E-state index contributed by atoms with van der Waals surface area (Å²) in [5, 5.41) is 0. The number of benzene rings is 1. The first-order valence-electron chi connectivity index (χ1n) is 8.84. The van der Waals surface area contributed by atoms with Crippen LogP contribution in [0, 0.1) is 0 Å². The van der Waals surface area contributed by atoms with Gasteiger partial charge < -0.3 is 0 Å². The number of aromatic nitrogens is 2. The minimum atomic E-state index is -0.0333. The maximum Gasteiger partial charge on any atom is 0.258 e. The molecule has 0 amide bonds. The molecular formula is C20H21BrN4O. The lowest BCUT2D eigenvalue weighted by molar-refractivity contribution is 0.121. The molecule has 134 valence electrons. The van der Waals surface area contributed by atoms with E-state index in [0.29, 0.717) is 5.65 Å². The molecule has 1 fully saturated rings. The van der Waals surface area contributed by atoms with Crippen LogP contribution in [0.3, 0.4) is 0 Å². The van der Waals surface area contributed by atoms with Gasteiger partial charge in [-0.15, -0.1) is 0 Å².